The highest BCUT2D eigenvalue weighted by Crippen LogP contribution is 2.34. The van der Waals surface area contributed by atoms with Gasteiger partial charge in [-0.05, 0) is 51.0 Å². The van der Waals surface area contributed by atoms with Gasteiger partial charge in [-0.1, -0.05) is 36.2 Å². The molecule has 1 heterocycles. The zero-order valence-corrected chi connectivity index (χ0v) is 17.2. The van der Waals surface area contributed by atoms with E-state index in [1.54, 1.807) is 30.8 Å². The molecule has 0 spiro atoms. The molecule has 0 amide bonds. The van der Waals surface area contributed by atoms with E-state index in [9.17, 15) is 8.42 Å². The van der Waals surface area contributed by atoms with Gasteiger partial charge in [0.05, 0.1) is 10.9 Å². The van der Waals surface area contributed by atoms with Crippen molar-refractivity contribution in [1.82, 2.24) is 19.5 Å². The molecule has 0 radical (unpaired) electrons. The minimum atomic E-state index is -3.66. The molecule has 1 atom stereocenters. The van der Waals surface area contributed by atoms with Crippen LogP contribution in [0.1, 0.15) is 51.4 Å². The maximum atomic E-state index is 12.6. The minimum absolute atomic E-state index is 0.178. The molecule has 0 aliphatic heterocycles. The van der Waals surface area contributed by atoms with Gasteiger partial charge in [0.15, 0.2) is 11.0 Å². The predicted octanol–water partition coefficient (Wildman–Crippen LogP) is 4.03. The first-order chi connectivity index (χ1) is 12.4. The highest BCUT2D eigenvalue weighted by molar-refractivity contribution is 7.99. The van der Waals surface area contributed by atoms with Crippen molar-refractivity contribution in [3.05, 3.63) is 35.1 Å². The molecule has 1 aliphatic rings. The minimum Gasteiger partial charge on any atom is -0.305 e. The van der Waals surface area contributed by atoms with E-state index in [4.69, 9.17) is 11.6 Å². The van der Waals surface area contributed by atoms with Crippen LogP contribution < -0.4 is 4.72 Å². The number of halogens is 1. The molecule has 2 aromatic rings. The fourth-order valence-electron chi connectivity index (χ4n) is 3.13. The van der Waals surface area contributed by atoms with E-state index in [0.717, 1.165) is 5.16 Å². The summed E-state index contributed by atoms with van der Waals surface area (Å²) in [6.45, 7) is 4.50. The maximum absolute atomic E-state index is 12.6. The molecule has 6 nitrogen and oxygen atoms in total. The number of rotatable bonds is 7. The van der Waals surface area contributed by atoms with Gasteiger partial charge >= 0.3 is 0 Å². The van der Waals surface area contributed by atoms with E-state index < -0.39 is 16.1 Å². The Morgan fingerprint density at radius 3 is 2.54 bits per heavy atom. The lowest BCUT2D eigenvalue weighted by atomic mass is 10.3. The van der Waals surface area contributed by atoms with E-state index in [2.05, 4.69) is 14.9 Å². The molecule has 1 N–H and O–H groups in total. The number of sulfonamides is 1. The fraction of sp³-hybridized carbons (Fsp3) is 0.529. The van der Waals surface area contributed by atoms with Crippen molar-refractivity contribution in [3.63, 3.8) is 0 Å². The Bertz CT molecular complexity index is 846. The van der Waals surface area contributed by atoms with Crippen molar-refractivity contribution in [1.29, 1.82) is 0 Å². The van der Waals surface area contributed by atoms with Crippen LogP contribution >= 0.6 is 23.4 Å². The van der Waals surface area contributed by atoms with E-state index >= 15 is 0 Å². The van der Waals surface area contributed by atoms with Crippen LogP contribution in [-0.2, 0) is 16.6 Å². The van der Waals surface area contributed by atoms with Gasteiger partial charge in [0.1, 0.15) is 0 Å². The topological polar surface area (TPSA) is 76.9 Å². The first kappa shape index (κ1) is 19.7. The summed E-state index contributed by atoms with van der Waals surface area (Å²) in [6, 6.07) is 5.62. The van der Waals surface area contributed by atoms with Crippen LogP contribution in [0.3, 0.4) is 0 Å². The number of nitrogens with zero attached hydrogens (tertiary/aromatic N) is 3. The van der Waals surface area contributed by atoms with Crippen LogP contribution in [0.5, 0.6) is 0 Å². The molecule has 142 valence electrons. The number of aromatic nitrogens is 3. The first-order valence-corrected chi connectivity index (χ1v) is 11.5. The third-order valence-corrected chi connectivity index (χ3v) is 7.61. The van der Waals surface area contributed by atoms with Gasteiger partial charge in [-0.25, -0.2) is 13.1 Å². The number of benzene rings is 1. The van der Waals surface area contributed by atoms with E-state index in [1.807, 2.05) is 11.5 Å². The zero-order valence-electron chi connectivity index (χ0n) is 14.9. The second kappa shape index (κ2) is 8.29. The van der Waals surface area contributed by atoms with E-state index in [1.165, 1.54) is 37.8 Å². The Morgan fingerprint density at radius 1 is 1.27 bits per heavy atom. The van der Waals surface area contributed by atoms with Gasteiger partial charge < -0.3 is 4.57 Å². The molecule has 1 aliphatic carbocycles. The van der Waals surface area contributed by atoms with Gasteiger partial charge in [-0.2, -0.15) is 0 Å². The summed E-state index contributed by atoms with van der Waals surface area (Å²) in [7, 11) is -3.66. The summed E-state index contributed by atoms with van der Waals surface area (Å²) in [6.07, 6.45) is 4.94. The maximum Gasteiger partial charge on any atom is 0.241 e. The Morgan fingerprint density at radius 2 is 1.92 bits per heavy atom. The SMILES string of the molecule is CCn1c(SC2CCCC2)nnc1[C@@H](C)NS(=O)(=O)c1ccc(Cl)cc1. The Hall–Kier alpha value is -1.09. The largest absolute Gasteiger partial charge is 0.305 e. The molecule has 3 rings (SSSR count). The molecule has 0 saturated heterocycles. The number of hydrogen-bond donors (Lipinski definition) is 1. The van der Waals surface area contributed by atoms with Crippen LogP contribution in [0.15, 0.2) is 34.3 Å². The smallest absolute Gasteiger partial charge is 0.241 e. The van der Waals surface area contributed by atoms with Crippen LogP contribution in [0, 0.1) is 0 Å². The Labute approximate surface area is 163 Å². The number of hydrogen-bond acceptors (Lipinski definition) is 5. The van der Waals surface area contributed by atoms with E-state index in [-0.39, 0.29) is 4.90 Å². The van der Waals surface area contributed by atoms with Crippen LogP contribution in [-0.4, -0.2) is 28.4 Å². The molecular weight excluding hydrogens is 392 g/mol. The molecule has 0 unspecified atom stereocenters. The van der Waals surface area contributed by atoms with Gasteiger partial charge in [0.2, 0.25) is 10.0 Å². The van der Waals surface area contributed by atoms with Crippen LogP contribution in [0.4, 0.5) is 0 Å². The first-order valence-electron chi connectivity index (χ1n) is 8.78. The molecule has 1 aromatic heterocycles. The van der Waals surface area contributed by atoms with Gasteiger partial charge in [0, 0.05) is 16.8 Å². The van der Waals surface area contributed by atoms with Gasteiger partial charge in [-0.3, -0.25) is 0 Å². The fourth-order valence-corrected chi connectivity index (χ4v) is 5.76. The monoisotopic (exact) mass is 414 g/mol. The molecule has 1 aromatic carbocycles. The predicted molar refractivity (Wildman–Crippen MR) is 104 cm³/mol. The lowest BCUT2D eigenvalue weighted by molar-refractivity contribution is 0.539. The summed E-state index contributed by atoms with van der Waals surface area (Å²) < 4.78 is 29.9. The molecule has 0 bridgehead atoms. The van der Waals surface area contributed by atoms with Crippen LogP contribution in [0.25, 0.3) is 0 Å². The van der Waals surface area contributed by atoms with Crippen molar-refractivity contribution in [3.8, 4) is 0 Å². The molecular formula is C17H23ClN4O2S2. The third kappa shape index (κ3) is 4.42. The van der Waals surface area contributed by atoms with Crippen molar-refractivity contribution < 1.29 is 8.42 Å². The quantitative estimate of drug-likeness (QED) is 0.740. The molecule has 1 saturated carbocycles. The summed E-state index contributed by atoms with van der Waals surface area (Å²) in [5.74, 6) is 0.630. The van der Waals surface area contributed by atoms with Crippen molar-refractivity contribution >= 4 is 33.4 Å². The lowest BCUT2D eigenvalue weighted by Crippen LogP contribution is -2.29. The lowest BCUT2D eigenvalue weighted by Gasteiger charge is -2.16. The second-order valence-corrected chi connectivity index (χ2v) is 9.82. The highest BCUT2D eigenvalue weighted by atomic mass is 35.5. The average Bonchev–Trinajstić information content (AvgIpc) is 3.24. The summed E-state index contributed by atoms with van der Waals surface area (Å²) in [5.41, 5.74) is 0. The van der Waals surface area contributed by atoms with Crippen LogP contribution in [0.2, 0.25) is 5.02 Å². The van der Waals surface area contributed by atoms with Crippen molar-refractivity contribution in [2.45, 2.75) is 67.4 Å². The summed E-state index contributed by atoms with van der Waals surface area (Å²) in [5, 5.41) is 10.5. The van der Waals surface area contributed by atoms with Gasteiger partial charge in [0.25, 0.3) is 0 Å². The Balaban J connectivity index is 1.77. The molecule has 1 fully saturated rings. The van der Waals surface area contributed by atoms with Crippen molar-refractivity contribution in [2.75, 3.05) is 0 Å². The second-order valence-electron chi connectivity index (χ2n) is 6.41. The van der Waals surface area contributed by atoms with Crippen molar-refractivity contribution in [2.24, 2.45) is 0 Å². The zero-order chi connectivity index (χ0) is 18.7. The highest BCUT2D eigenvalue weighted by Gasteiger charge is 2.25. The normalized spacial score (nSPS) is 16.9. The third-order valence-electron chi connectivity index (χ3n) is 4.48. The molecule has 9 heteroatoms. The summed E-state index contributed by atoms with van der Waals surface area (Å²) in [4.78, 5) is 0.178. The van der Waals surface area contributed by atoms with Gasteiger partial charge in [-0.15, -0.1) is 10.2 Å². The average molecular weight is 415 g/mol. The molecule has 26 heavy (non-hydrogen) atoms. The standard InChI is InChI=1S/C17H23ClN4O2S2/c1-3-22-16(19-20-17(22)25-14-6-4-5-7-14)12(2)21-26(23,24)15-10-8-13(18)9-11-15/h8-12,14,21H,3-7H2,1-2H3/t12-/m1/s1. The summed E-state index contributed by atoms with van der Waals surface area (Å²) >= 11 is 7.59. The number of nitrogens with one attached hydrogen (secondary N) is 1. The number of thioether (sulfide) groups is 1. The van der Waals surface area contributed by atoms with E-state index in [0.29, 0.717) is 22.6 Å². The Kier molecular flexibility index (Phi) is 6.27.